The van der Waals surface area contributed by atoms with E-state index in [1.54, 1.807) is 7.11 Å². The molecule has 7 heteroatoms. The van der Waals surface area contributed by atoms with Gasteiger partial charge in [0.25, 0.3) is 0 Å². The normalized spacial score (nSPS) is 20.3. The molecule has 1 aliphatic rings. The lowest BCUT2D eigenvalue weighted by Gasteiger charge is -2.36. The summed E-state index contributed by atoms with van der Waals surface area (Å²) in [5.74, 6) is 0.344. The highest BCUT2D eigenvalue weighted by Crippen LogP contribution is 2.31. The number of anilines is 1. The molecule has 0 bridgehead atoms. The average Bonchev–Trinajstić information content (AvgIpc) is 2.70. The number of hydrogen-bond donors (Lipinski definition) is 1. The molecule has 29 heavy (non-hydrogen) atoms. The summed E-state index contributed by atoms with van der Waals surface area (Å²) in [4.78, 5) is 24.5. The molecule has 0 aliphatic carbocycles. The number of nitrogens with zero attached hydrogens (tertiary/aromatic N) is 4. The number of piperidine rings is 1. The number of benzene rings is 1. The van der Waals surface area contributed by atoms with Crippen molar-refractivity contribution in [3.63, 3.8) is 0 Å². The number of nitriles is 1. The third-order valence-corrected chi connectivity index (χ3v) is 5.24. The summed E-state index contributed by atoms with van der Waals surface area (Å²) in [5, 5.41) is 12.7. The van der Waals surface area contributed by atoms with Gasteiger partial charge in [0.15, 0.2) is 11.7 Å². The van der Waals surface area contributed by atoms with Crippen LogP contribution in [0.3, 0.4) is 0 Å². The highest BCUT2D eigenvalue weighted by Gasteiger charge is 2.31. The Hall–Kier alpha value is -2.72. The molecule has 1 aromatic heterocycles. The zero-order chi connectivity index (χ0) is 20.8. The van der Waals surface area contributed by atoms with Crippen LogP contribution in [-0.2, 0) is 9.53 Å². The molecule has 0 spiro atoms. The summed E-state index contributed by atoms with van der Waals surface area (Å²) in [7, 11) is 1.62. The van der Waals surface area contributed by atoms with E-state index in [9.17, 15) is 10.1 Å². The number of carbonyl (C=O) groups excluding carboxylic acids is 1. The molecule has 1 saturated heterocycles. The number of carbonyl (C=O) groups is 1. The third-order valence-electron chi connectivity index (χ3n) is 5.24. The first-order valence-corrected chi connectivity index (χ1v) is 10.2. The lowest BCUT2D eigenvalue weighted by Crippen LogP contribution is -2.40. The topological polar surface area (TPSA) is 91.1 Å². The van der Waals surface area contributed by atoms with E-state index >= 15 is 0 Å². The minimum atomic E-state index is -1.00. The van der Waals surface area contributed by atoms with E-state index in [-0.39, 0.29) is 5.91 Å². The minimum absolute atomic E-state index is 0.340. The number of para-hydroxylation sites is 2. The molecular weight excluding hydrogens is 366 g/mol. The molecule has 2 heterocycles. The van der Waals surface area contributed by atoms with Crippen LogP contribution < -0.4 is 10.2 Å². The first kappa shape index (κ1) is 21.0. The molecule has 0 radical (unpaired) electrons. The van der Waals surface area contributed by atoms with Crippen molar-refractivity contribution in [3.8, 4) is 6.07 Å². The largest absolute Gasteiger partial charge is 0.385 e. The maximum Gasteiger partial charge on any atom is 0.243 e. The fourth-order valence-corrected chi connectivity index (χ4v) is 4.04. The molecule has 1 fully saturated rings. The molecular formula is C22H29N5O2. The molecule has 0 unspecified atom stereocenters. The molecule has 3 rings (SSSR count). The lowest BCUT2D eigenvalue weighted by atomic mass is 9.91. The van der Waals surface area contributed by atoms with Gasteiger partial charge in [-0.2, -0.15) is 5.26 Å². The molecule has 3 atom stereocenters. The third kappa shape index (κ3) is 5.01. The number of fused-ring (bicyclic) bond motifs is 1. The number of ether oxygens (including phenoxy) is 1. The average molecular weight is 396 g/mol. The van der Waals surface area contributed by atoms with Gasteiger partial charge in [-0.15, -0.1) is 0 Å². The van der Waals surface area contributed by atoms with Crippen LogP contribution >= 0.6 is 0 Å². The van der Waals surface area contributed by atoms with Crippen LogP contribution in [0.4, 0.5) is 5.82 Å². The van der Waals surface area contributed by atoms with Gasteiger partial charge in [-0.25, -0.2) is 9.97 Å². The highest BCUT2D eigenvalue weighted by atomic mass is 16.5. The SMILES string of the molecule is COCCCNC(=O)[C@H](C#N)c1nc2ccccc2nc1N1C[C@H](C)C[C@@H](C)C1. The summed E-state index contributed by atoms with van der Waals surface area (Å²) in [6, 6.07) is 9.74. The quantitative estimate of drug-likeness (QED) is 0.725. The first-order valence-electron chi connectivity index (χ1n) is 10.2. The maximum absolute atomic E-state index is 12.8. The number of amides is 1. The van der Waals surface area contributed by atoms with E-state index < -0.39 is 5.92 Å². The Labute approximate surface area is 172 Å². The summed E-state index contributed by atoms with van der Waals surface area (Å²) in [6.45, 7) is 7.15. The summed E-state index contributed by atoms with van der Waals surface area (Å²) in [5.41, 5.74) is 1.91. The van der Waals surface area contributed by atoms with Crippen LogP contribution in [0.1, 0.15) is 38.3 Å². The van der Waals surface area contributed by atoms with Crippen molar-refractivity contribution in [3.05, 3.63) is 30.0 Å². The Morgan fingerprint density at radius 2 is 1.93 bits per heavy atom. The fraction of sp³-hybridized carbons (Fsp3) is 0.545. The van der Waals surface area contributed by atoms with Gasteiger partial charge in [0.05, 0.1) is 17.1 Å². The molecule has 1 aliphatic heterocycles. The second-order valence-corrected chi connectivity index (χ2v) is 7.97. The van der Waals surface area contributed by atoms with Gasteiger partial charge in [0.1, 0.15) is 5.69 Å². The van der Waals surface area contributed by atoms with Gasteiger partial charge < -0.3 is 15.0 Å². The van der Waals surface area contributed by atoms with Crippen LogP contribution in [0.15, 0.2) is 24.3 Å². The van der Waals surface area contributed by atoms with Crippen LogP contribution in [-0.4, -0.2) is 49.2 Å². The van der Waals surface area contributed by atoms with E-state index in [0.29, 0.717) is 48.4 Å². The Morgan fingerprint density at radius 3 is 2.55 bits per heavy atom. The number of methoxy groups -OCH3 is 1. The molecule has 1 amide bonds. The molecule has 1 N–H and O–H groups in total. The van der Waals surface area contributed by atoms with E-state index in [4.69, 9.17) is 14.7 Å². The van der Waals surface area contributed by atoms with Crippen molar-refractivity contribution in [2.45, 2.75) is 32.6 Å². The van der Waals surface area contributed by atoms with Gasteiger partial charge in [0.2, 0.25) is 5.91 Å². The molecule has 2 aromatic rings. The number of hydrogen-bond acceptors (Lipinski definition) is 6. The predicted molar refractivity (Wildman–Crippen MR) is 113 cm³/mol. The van der Waals surface area contributed by atoms with Gasteiger partial charge in [-0.1, -0.05) is 26.0 Å². The summed E-state index contributed by atoms with van der Waals surface area (Å²) < 4.78 is 5.02. The lowest BCUT2D eigenvalue weighted by molar-refractivity contribution is -0.121. The van der Waals surface area contributed by atoms with Gasteiger partial charge in [-0.05, 0) is 36.8 Å². The highest BCUT2D eigenvalue weighted by molar-refractivity contribution is 5.88. The maximum atomic E-state index is 12.8. The van der Waals surface area contributed by atoms with E-state index in [2.05, 4.69) is 30.1 Å². The van der Waals surface area contributed by atoms with E-state index in [1.165, 1.54) is 0 Å². The zero-order valence-electron chi connectivity index (χ0n) is 17.4. The van der Waals surface area contributed by atoms with Gasteiger partial charge in [0, 0.05) is 33.4 Å². The number of rotatable bonds is 7. The fourth-order valence-electron chi connectivity index (χ4n) is 4.04. The summed E-state index contributed by atoms with van der Waals surface area (Å²) in [6.07, 6.45) is 1.85. The van der Waals surface area contributed by atoms with Crippen molar-refractivity contribution < 1.29 is 9.53 Å². The minimum Gasteiger partial charge on any atom is -0.385 e. The van der Waals surface area contributed by atoms with Crippen molar-refractivity contribution in [2.24, 2.45) is 11.8 Å². The van der Waals surface area contributed by atoms with Crippen molar-refractivity contribution in [1.29, 1.82) is 5.26 Å². The molecule has 154 valence electrons. The van der Waals surface area contributed by atoms with Crippen molar-refractivity contribution >= 4 is 22.8 Å². The Kier molecular flexibility index (Phi) is 6.99. The first-order chi connectivity index (χ1) is 14.0. The predicted octanol–water partition coefficient (Wildman–Crippen LogP) is 2.87. The van der Waals surface area contributed by atoms with Crippen molar-refractivity contribution in [1.82, 2.24) is 15.3 Å². The zero-order valence-corrected chi connectivity index (χ0v) is 17.4. The Morgan fingerprint density at radius 1 is 1.28 bits per heavy atom. The Bertz CT molecular complexity index is 884. The van der Waals surface area contributed by atoms with Crippen molar-refractivity contribution in [2.75, 3.05) is 38.3 Å². The second-order valence-electron chi connectivity index (χ2n) is 7.97. The molecule has 7 nitrogen and oxygen atoms in total. The van der Waals surface area contributed by atoms with Crippen LogP contribution in [0, 0.1) is 23.2 Å². The molecule has 0 saturated carbocycles. The smallest absolute Gasteiger partial charge is 0.243 e. The van der Waals surface area contributed by atoms with E-state index in [0.717, 1.165) is 25.0 Å². The van der Waals surface area contributed by atoms with Crippen LogP contribution in [0.25, 0.3) is 11.0 Å². The Balaban J connectivity index is 1.97. The van der Waals surface area contributed by atoms with E-state index in [1.807, 2.05) is 24.3 Å². The second kappa shape index (κ2) is 9.66. The van der Waals surface area contributed by atoms with Crippen LogP contribution in [0.5, 0.6) is 0 Å². The monoisotopic (exact) mass is 395 g/mol. The number of aromatic nitrogens is 2. The number of nitrogens with one attached hydrogen (secondary N) is 1. The summed E-state index contributed by atoms with van der Waals surface area (Å²) >= 11 is 0. The van der Waals surface area contributed by atoms with Gasteiger partial charge in [-0.3, -0.25) is 4.79 Å². The standard InChI is InChI=1S/C22H29N5O2/c1-15-11-16(2)14-27(13-15)21-20(25-18-7-4-5-8-19(18)26-21)17(12-23)22(28)24-9-6-10-29-3/h4-5,7-8,15-17H,6,9-11,13-14H2,1-3H3,(H,24,28)/t15-,16-,17-/m1/s1. The van der Waals surface area contributed by atoms with Crippen LogP contribution in [0.2, 0.25) is 0 Å². The van der Waals surface area contributed by atoms with Gasteiger partial charge >= 0.3 is 0 Å². The molecule has 1 aromatic carbocycles.